The monoisotopic (exact) mass is 263 g/mol. The average Bonchev–Trinajstić information content (AvgIpc) is 3.02. The van der Waals surface area contributed by atoms with Gasteiger partial charge in [0.1, 0.15) is 5.69 Å². The molecule has 1 saturated carbocycles. The van der Waals surface area contributed by atoms with Gasteiger partial charge in [0.15, 0.2) is 0 Å². The summed E-state index contributed by atoms with van der Waals surface area (Å²) in [6, 6.07) is 3.98. The quantitative estimate of drug-likeness (QED) is 0.851. The molecule has 1 aliphatic carbocycles. The van der Waals surface area contributed by atoms with Gasteiger partial charge in [0.2, 0.25) is 0 Å². The molecular formula is C14H21N3O2. The first kappa shape index (κ1) is 12.7. The molecular weight excluding hydrogens is 242 g/mol. The summed E-state index contributed by atoms with van der Waals surface area (Å²) in [7, 11) is 0. The maximum atomic E-state index is 12.3. The van der Waals surface area contributed by atoms with Gasteiger partial charge < -0.3 is 20.4 Å². The molecule has 2 heterocycles. The number of carbonyl (C=O) groups is 1. The van der Waals surface area contributed by atoms with Gasteiger partial charge >= 0.3 is 0 Å². The lowest BCUT2D eigenvalue weighted by Crippen LogP contribution is -2.69. The molecule has 2 aliphatic rings. The molecule has 19 heavy (non-hydrogen) atoms. The first-order chi connectivity index (χ1) is 9.09. The van der Waals surface area contributed by atoms with Crippen LogP contribution in [0.2, 0.25) is 0 Å². The minimum atomic E-state index is -0.0619. The maximum Gasteiger partial charge on any atom is 0.268 e. The zero-order valence-electron chi connectivity index (χ0n) is 11.4. The standard InChI is InChI=1S/C14H21N3O2/c1-8(2)17-6-3-4-10(17)14(18)16-12-11(15)9-5-7-19-13(9)12/h3-4,6,8-9,11-13H,5,7,15H2,1-2H3,(H,16,18). The molecule has 0 bridgehead atoms. The van der Waals surface area contributed by atoms with Gasteiger partial charge in [-0.3, -0.25) is 4.79 Å². The van der Waals surface area contributed by atoms with Crippen LogP contribution in [-0.2, 0) is 4.74 Å². The van der Waals surface area contributed by atoms with E-state index >= 15 is 0 Å². The molecule has 1 aromatic rings. The van der Waals surface area contributed by atoms with Crippen LogP contribution in [0.5, 0.6) is 0 Å². The maximum absolute atomic E-state index is 12.3. The van der Waals surface area contributed by atoms with Crippen LogP contribution in [0.25, 0.3) is 0 Å². The summed E-state index contributed by atoms with van der Waals surface area (Å²) < 4.78 is 7.59. The van der Waals surface area contributed by atoms with Crippen LogP contribution in [0.15, 0.2) is 18.3 Å². The van der Waals surface area contributed by atoms with Crippen LogP contribution in [0.4, 0.5) is 0 Å². The van der Waals surface area contributed by atoms with Crippen molar-refractivity contribution in [3.05, 3.63) is 24.0 Å². The first-order valence-corrected chi connectivity index (χ1v) is 6.94. The third kappa shape index (κ3) is 1.97. The molecule has 0 radical (unpaired) electrons. The molecule has 5 nitrogen and oxygen atoms in total. The van der Waals surface area contributed by atoms with Crippen LogP contribution < -0.4 is 11.1 Å². The number of hydrogen-bond donors (Lipinski definition) is 2. The van der Waals surface area contributed by atoms with Gasteiger partial charge in [-0.15, -0.1) is 0 Å². The molecule has 104 valence electrons. The highest BCUT2D eigenvalue weighted by molar-refractivity contribution is 5.93. The highest BCUT2D eigenvalue weighted by Crippen LogP contribution is 2.37. The third-order valence-corrected chi connectivity index (χ3v) is 4.31. The van der Waals surface area contributed by atoms with Gasteiger partial charge in [0.05, 0.1) is 12.1 Å². The number of rotatable bonds is 3. The van der Waals surface area contributed by atoms with E-state index < -0.39 is 0 Å². The number of ether oxygens (including phenoxy) is 1. The van der Waals surface area contributed by atoms with Gasteiger partial charge in [-0.25, -0.2) is 0 Å². The van der Waals surface area contributed by atoms with Crippen molar-refractivity contribution < 1.29 is 9.53 Å². The molecule has 3 rings (SSSR count). The Morgan fingerprint density at radius 3 is 3.11 bits per heavy atom. The lowest BCUT2D eigenvalue weighted by atomic mass is 9.72. The summed E-state index contributed by atoms with van der Waals surface area (Å²) in [5.41, 5.74) is 6.79. The summed E-state index contributed by atoms with van der Waals surface area (Å²) >= 11 is 0. The smallest absolute Gasteiger partial charge is 0.268 e. The van der Waals surface area contributed by atoms with Gasteiger partial charge in [-0.2, -0.15) is 0 Å². The van der Waals surface area contributed by atoms with Crippen molar-refractivity contribution >= 4 is 5.91 Å². The van der Waals surface area contributed by atoms with E-state index in [-0.39, 0.29) is 30.1 Å². The highest BCUT2D eigenvalue weighted by atomic mass is 16.5. The summed E-state index contributed by atoms with van der Waals surface area (Å²) in [5.74, 6) is 0.357. The Labute approximate surface area is 113 Å². The number of hydrogen-bond acceptors (Lipinski definition) is 3. The zero-order chi connectivity index (χ0) is 13.6. The van der Waals surface area contributed by atoms with E-state index in [1.165, 1.54) is 0 Å². The second kappa shape index (κ2) is 4.65. The van der Waals surface area contributed by atoms with Crippen molar-refractivity contribution in [2.75, 3.05) is 6.61 Å². The normalized spacial score (nSPS) is 33.1. The molecule has 1 aliphatic heterocycles. The molecule has 4 unspecified atom stereocenters. The molecule has 0 spiro atoms. The molecule has 3 N–H and O–H groups in total. The number of nitrogens with one attached hydrogen (secondary N) is 1. The molecule has 0 aromatic carbocycles. The van der Waals surface area contributed by atoms with Gasteiger partial charge in [-0.1, -0.05) is 0 Å². The second-order valence-corrected chi connectivity index (χ2v) is 5.76. The number of nitrogens with zero attached hydrogens (tertiary/aromatic N) is 1. The number of aromatic nitrogens is 1. The number of carbonyl (C=O) groups excluding carboxylic acids is 1. The lowest BCUT2D eigenvalue weighted by molar-refractivity contribution is -0.0162. The highest BCUT2D eigenvalue weighted by Gasteiger charge is 2.52. The SMILES string of the molecule is CC(C)n1cccc1C(=O)NC1C(N)C2CCOC21. The van der Waals surface area contributed by atoms with E-state index in [0.717, 1.165) is 13.0 Å². The summed E-state index contributed by atoms with van der Waals surface area (Å²) in [5, 5.41) is 3.03. The van der Waals surface area contributed by atoms with E-state index in [1.807, 2.05) is 22.9 Å². The van der Waals surface area contributed by atoms with Crippen LogP contribution >= 0.6 is 0 Å². The zero-order valence-corrected chi connectivity index (χ0v) is 11.4. The van der Waals surface area contributed by atoms with Gasteiger partial charge in [-0.05, 0) is 32.4 Å². The largest absolute Gasteiger partial charge is 0.376 e. The Balaban J connectivity index is 1.70. The molecule has 4 atom stereocenters. The molecule has 1 aromatic heterocycles. The fraction of sp³-hybridized carbons (Fsp3) is 0.643. The van der Waals surface area contributed by atoms with E-state index in [1.54, 1.807) is 0 Å². The molecule has 1 amide bonds. The summed E-state index contributed by atoms with van der Waals surface area (Å²) in [6.07, 6.45) is 3.05. The van der Waals surface area contributed by atoms with E-state index in [4.69, 9.17) is 10.5 Å². The van der Waals surface area contributed by atoms with Crippen molar-refractivity contribution in [3.8, 4) is 0 Å². The van der Waals surface area contributed by atoms with Crippen molar-refractivity contribution in [2.45, 2.75) is 44.5 Å². The summed E-state index contributed by atoms with van der Waals surface area (Å²) in [4.78, 5) is 12.3. The lowest BCUT2D eigenvalue weighted by Gasteiger charge is -2.45. The van der Waals surface area contributed by atoms with Crippen molar-refractivity contribution in [3.63, 3.8) is 0 Å². The molecule has 1 saturated heterocycles. The van der Waals surface area contributed by atoms with Gasteiger partial charge in [0.25, 0.3) is 5.91 Å². The number of nitrogens with two attached hydrogens (primary N) is 1. The minimum absolute atomic E-state index is 0.0268. The topological polar surface area (TPSA) is 69.3 Å². The number of amides is 1. The predicted octanol–water partition coefficient (Wildman–Crippen LogP) is 0.913. The van der Waals surface area contributed by atoms with Crippen LogP contribution in [0, 0.1) is 5.92 Å². The van der Waals surface area contributed by atoms with Crippen LogP contribution in [0.1, 0.15) is 36.8 Å². The Hall–Kier alpha value is -1.33. The van der Waals surface area contributed by atoms with Crippen molar-refractivity contribution in [1.29, 1.82) is 0 Å². The first-order valence-electron chi connectivity index (χ1n) is 6.94. The minimum Gasteiger partial charge on any atom is -0.376 e. The fourth-order valence-corrected chi connectivity index (χ4v) is 3.19. The van der Waals surface area contributed by atoms with Crippen LogP contribution in [0.3, 0.4) is 0 Å². The Bertz CT molecular complexity index is 483. The Morgan fingerprint density at radius 1 is 1.58 bits per heavy atom. The van der Waals surface area contributed by atoms with E-state index in [2.05, 4.69) is 19.2 Å². The Kier molecular flexibility index (Phi) is 3.11. The van der Waals surface area contributed by atoms with Gasteiger partial charge in [0, 0.05) is 30.8 Å². The van der Waals surface area contributed by atoms with Crippen molar-refractivity contribution in [1.82, 2.24) is 9.88 Å². The third-order valence-electron chi connectivity index (χ3n) is 4.31. The Morgan fingerprint density at radius 2 is 2.37 bits per heavy atom. The fourth-order valence-electron chi connectivity index (χ4n) is 3.19. The van der Waals surface area contributed by atoms with Crippen molar-refractivity contribution in [2.24, 2.45) is 11.7 Å². The predicted molar refractivity (Wildman–Crippen MR) is 71.9 cm³/mol. The summed E-state index contributed by atoms with van der Waals surface area (Å²) in [6.45, 7) is 4.88. The van der Waals surface area contributed by atoms with E-state index in [0.29, 0.717) is 11.6 Å². The van der Waals surface area contributed by atoms with Crippen LogP contribution in [-0.4, -0.2) is 35.3 Å². The van der Waals surface area contributed by atoms with E-state index in [9.17, 15) is 4.79 Å². The molecule has 2 fully saturated rings. The second-order valence-electron chi connectivity index (χ2n) is 5.76. The number of fused-ring (bicyclic) bond motifs is 1. The average molecular weight is 263 g/mol. The molecule has 5 heteroatoms.